The van der Waals surface area contributed by atoms with Crippen LogP contribution in [0.1, 0.15) is 36.0 Å². The summed E-state index contributed by atoms with van der Waals surface area (Å²) < 4.78 is 23.9. The van der Waals surface area contributed by atoms with Crippen LogP contribution in [-0.2, 0) is 6.61 Å². The number of nitriles is 1. The fourth-order valence-corrected chi connectivity index (χ4v) is 1.65. The largest absolute Gasteiger partial charge is 0.482 e. The van der Waals surface area contributed by atoms with Crippen LogP contribution in [0, 0.1) is 17.1 Å². The van der Waals surface area contributed by atoms with Crippen molar-refractivity contribution in [3.05, 3.63) is 41.3 Å². The summed E-state index contributed by atoms with van der Waals surface area (Å²) in [7, 11) is 0. The standard InChI is InChI=1S/C13H10FN3O2/c14-10-5-8(6-15)1-4-11(10)18-7-12-16-13(19-17-12)9-2-3-9/h1,4-5,9H,2-3,7H2. The van der Waals surface area contributed by atoms with Gasteiger partial charge in [-0.1, -0.05) is 5.16 Å². The van der Waals surface area contributed by atoms with E-state index in [1.54, 1.807) is 0 Å². The zero-order valence-corrected chi connectivity index (χ0v) is 9.97. The maximum absolute atomic E-state index is 13.5. The van der Waals surface area contributed by atoms with Gasteiger partial charge in [-0.2, -0.15) is 10.2 Å². The van der Waals surface area contributed by atoms with Gasteiger partial charge in [0, 0.05) is 5.92 Å². The molecule has 19 heavy (non-hydrogen) atoms. The highest BCUT2D eigenvalue weighted by Gasteiger charge is 2.29. The van der Waals surface area contributed by atoms with Crippen molar-refractivity contribution >= 4 is 0 Å². The molecule has 2 aromatic rings. The topological polar surface area (TPSA) is 71.9 Å². The second-order valence-corrected chi connectivity index (χ2v) is 4.37. The Hall–Kier alpha value is -2.42. The summed E-state index contributed by atoms with van der Waals surface area (Å²) in [4.78, 5) is 4.17. The van der Waals surface area contributed by atoms with Crippen molar-refractivity contribution in [2.24, 2.45) is 0 Å². The van der Waals surface area contributed by atoms with Gasteiger partial charge in [0.1, 0.15) is 0 Å². The van der Waals surface area contributed by atoms with Gasteiger partial charge in [-0.3, -0.25) is 0 Å². The average molecular weight is 259 g/mol. The molecule has 0 atom stereocenters. The molecule has 0 bridgehead atoms. The third-order valence-corrected chi connectivity index (χ3v) is 2.83. The van der Waals surface area contributed by atoms with E-state index < -0.39 is 5.82 Å². The van der Waals surface area contributed by atoms with Crippen molar-refractivity contribution in [3.8, 4) is 11.8 Å². The second-order valence-electron chi connectivity index (χ2n) is 4.37. The number of benzene rings is 1. The zero-order chi connectivity index (χ0) is 13.2. The summed E-state index contributed by atoms with van der Waals surface area (Å²) >= 11 is 0. The monoisotopic (exact) mass is 259 g/mol. The molecular formula is C13H10FN3O2. The van der Waals surface area contributed by atoms with E-state index in [9.17, 15) is 4.39 Å². The molecule has 1 fully saturated rings. The van der Waals surface area contributed by atoms with E-state index >= 15 is 0 Å². The van der Waals surface area contributed by atoms with Crippen LogP contribution in [-0.4, -0.2) is 10.1 Å². The molecule has 0 N–H and O–H groups in total. The minimum absolute atomic E-state index is 0.0407. The lowest BCUT2D eigenvalue weighted by Gasteiger charge is -2.04. The Labute approximate surface area is 108 Å². The molecule has 0 radical (unpaired) electrons. The molecule has 0 amide bonds. The highest BCUT2D eigenvalue weighted by atomic mass is 19.1. The normalized spacial score (nSPS) is 14.1. The van der Waals surface area contributed by atoms with Gasteiger partial charge in [-0.05, 0) is 31.0 Å². The van der Waals surface area contributed by atoms with Gasteiger partial charge >= 0.3 is 0 Å². The Morgan fingerprint density at radius 2 is 2.32 bits per heavy atom. The molecule has 6 heteroatoms. The molecule has 1 aliphatic carbocycles. The number of halogens is 1. The van der Waals surface area contributed by atoms with Crippen molar-refractivity contribution in [1.29, 1.82) is 5.26 Å². The van der Waals surface area contributed by atoms with Crippen LogP contribution in [0.3, 0.4) is 0 Å². The third kappa shape index (κ3) is 2.55. The van der Waals surface area contributed by atoms with Crippen LogP contribution in [0.5, 0.6) is 5.75 Å². The first-order valence-corrected chi connectivity index (χ1v) is 5.91. The molecule has 1 aromatic heterocycles. The first-order valence-electron chi connectivity index (χ1n) is 5.91. The Kier molecular flexibility index (Phi) is 2.88. The highest BCUT2D eigenvalue weighted by molar-refractivity contribution is 5.35. The molecule has 0 saturated heterocycles. The summed E-state index contributed by atoms with van der Waals surface area (Å²) in [5.74, 6) is 0.888. The molecule has 1 heterocycles. The van der Waals surface area contributed by atoms with Gasteiger partial charge in [-0.15, -0.1) is 0 Å². The van der Waals surface area contributed by atoms with Crippen molar-refractivity contribution < 1.29 is 13.7 Å². The number of aromatic nitrogens is 2. The molecule has 1 aromatic carbocycles. The van der Waals surface area contributed by atoms with Crippen molar-refractivity contribution in [2.75, 3.05) is 0 Å². The second kappa shape index (κ2) is 4.69. The summed E-state index contributed by atoms with van der Waals surface area (Å²) in [6, 6.07) is 5.89. The maximum Gasteiger partial charge on any atom is 0.229 e. The van der Waals surface area contributed by atoms with Gasteiger partial charge < -0.3 is 9.26 Å². The fourth-order valence-electron chi connectivity index (χ4n) is 1.65. The van der Waals surface area contributed by atoms with Crippen LogP contribution in [0.25, 0.3) is 0 Å². The molecule has 3 rings (SSSR count). The van der Waals surface area contributed by atoms with Gasteiger partial charge in [0.2, 0.25) is 11.7 Å². The van der Waals surface area contributed by atoms with E-state index in [1.165, 1.54) is 12.1 Å². The van der Waals surface area contributed by atoms with Crippen LogP contribution in [0.2, 0.25) is 0 Å². The molecule has 0 unspecified atom stereocenters. The predicted octanol–water partition coefficient (Wildman–Crippen LogP) is 2.54. The van der Waals surface area contributed by atoms with Crippen LogP contribution >= 0.6 is 0 Å². The van der Waals surface area contributed by atoms with Crippen LogP contribution in [0.15, 0.2) is 22.7 Å². The lowest BCUT2D eigenvalue weighted by atomic mass is 10.2. The number of hydrogen-bond donors (Lipinski definition) is 0. The van der Waals surface area contributed by atoms with Crippen LogP contribution in [0.4, 0.5) is 4.39 Å². The predicted molar refractivity (Wildman–Crippen MR) is 61.7 cm³/mol. The molecule has 96 valence electrons. The van der Waals surface area contributed by atoms with Crippen LogP contribution < -0.4 is 4.74 Å². The number of hydrogen-bond acceptors (Lipinski definition) is 5. The zero-order valence-electron chi connectivity index (χ0n) is 9.97. The number of ether oxygens (including phenoxy) is 1. The smallest absolute Gasteiger partial charge is 0.229 e. The number of nitrogens with zero attached hydrogens (tertiary/aromatic N) is 3. The first kappa shape index (κ1) is 11.7. The molecule has 1 aliphatic rings. The fraction of sp³-hybridized carbons (Fsp3) is 0.308. The van der Waals surface area contributed by atoms with Crippen molar-refractivity contribution in [1.82, 2.24) is 10.1 Å². The van der Waals surface area contributed by atoms with Crippen molar-refractivity contribution in [3.63, 3.8) is 0 Å². The minimum atomic E-state index is -0.579. The SMILES string of the molecule is N#Cc1ccc(OCc2noc(C3CC3)n2)c(F)c1. The van der Waals surface area contributed by atoms with E-state index in [2.05, 4.69) is 10.1 Å². The summed E-state index contributed by atoms with van der Waals surface area (Å²) in [6.45, 7) is 0.0407. The lowest BCUT2D eigenvalue weighted by molar-refractivity contribution is 0.272. The third-order valence-electron chi connectivity index (χ3n) is 2.83. The van der Waals surface area contributed by atoms with E-state index in [4.69, 9.17) is 14.5 Å². The Bertz CT molecular complexity index is 644. The van der Waals surface area contributed by atoms with E-state index in [-0.39, 0.29) is 17.9 Å². The van der Waals surface area contributed by atoms with Gasteiger partial charge in [0.15, 0.2) is 18.2 Å². The van der Waals surface area contributed by atoms with Gasteiger partial charge in [0.05, 0.1) is 11.6 Å². The van der Waals surface area contributed by atoms with Crippen molar-refractivity contribution in [2.45, 2.75) is 25.4 Å². The summed E-state index contributed by atoms with van der Waals surface area (Å²) in [5, 5.41) is 12.4. The lowest BCUT2D eigenvalue weighted by Crippen LogP contribution is -1.99. The Morgan fingerprint density at radius 3 is 3.00 bits per heavy atom. The Morgan fingerprint density at radius 1 is 1.47 bits per heavy atom. The summed E-state index contributed by atoms with van der Waals surface area (Å²) in [5.41, 5.74) is 0.250. The van der Waals surface area contributed by atoms with Gasteiger partial charge in [-0.25, -0.2) is 4.39 Å². The molecule has 0 aliphatic heterocycles. The maximum atomic E-state index is 13.5. The number of rotatable bonds is 4. The molecule has 1 saturated carbocycles. The van der Waals surface area contributed by atoms with E-state index in [0.717, 1.165) is 18.9 Å². The minimum Gasteiger partial charge on any atom is -0.482 e. The van der Waals surface area contributed by atoms with E-state index in [0.29, 0.717) is 17.6 Å². The molecule has 5 nitrogen and oxygen atoms in total. The summed E-state index contributed by atoms with van der Waals surface area (Å²) in [6.07, 6.45) is 2.15. The molecule has 0 spiro atoms. The molecular weight excluding hydrogens is 249 g/mol. The van der Waals surface area contributed by atoms with E-state index in [1.807, 2.05) is 6.07 Å². The quantitative estimate of drug-likeness (QED) is 0.843. The highest BCUT2D eigenvalue weighted by Crippen LogP contribution is 2.38. The Balaban J connectivity index is 1.66. The van der Waals surface area contributed by atoms with Gasteiger partial charge in [0.25, 0.3) is 0 Å². The average Bonchev–Trinajstić information content (AvgIpc) is 3.17. The first-order chi connectivity index (χ1) is 9.26.